The van der Waals surface area contributed by atoms with Crippen LogP contribution in [0.5, 0.6) is 0 Å². The van der Waals surface area contributed by atoms with Gasteiger partial charge in [0.05, 0.1) is 0 Å². The second kappa shape index (κ2) is 5.94. The van der Waals surface area contributed by atoms with E-state index in [-0.39, 0.29) is 17.7 Å². The van der Waals surface area contributed by atoms with E-state index in [4.69, 9.17) is 10.9 Å². The third-order valence-electron chi connectivity index (χ3n) is 3.87. The minimum absolute atomic E-state index is 0.0143. The zero-order chi connectivity index (χ0) is 14.7. The van der Waals surface area contributed by atoms with Crippen molar-refractivity contribution in [2.24, 2.45) is 22.7 Å². The number of amides is 1. The summed E-state index contributed by atoms with van der Waals surface area (Å²) in [4.78, 5) is 12.2. The molecule has 1 aliphatic carbocycles. The average Bonchev–Trinajstić information content (AvgIpc) is 2.39. The minimum Gasteiger partial charge on any atom is -0.409 e. The number of rotatable bonds is 5. The van der Waals surface area contributed by atoms with E-state index >= 15 is 0 Å². The zero-order valence-electron chi connectivity index (χ0n) is 11.8. The first-order chi connectivity index (χ1) is 9.54. The lowest BCUT2D eigenvalue weighted by atomic mass is 9.77. The molecule has 1 aromatic carbocycles. The lowest BCUT2D eigenvalue weighted by Gasteiger charge is -2.31. The van der Waals surface area contributed by atoms with Gasteiger partial charge in [-0.05, 0) is 23.5 Å². The van der Waals surface area contributed by atoms with Crippen molar-refractivity contribution in [2.45, 2.75) is 26.2 Å². The fraction of sp³-hybridized carbons (Fsp3) is 0.467. The van der Waals surface area contributed by atoms with Gasteiger partial charge in [0.25, 0.3) is 0 Å². The lowest BCUT2D eigenvalue weighted by molar-refractivity contribution is -0.124. The SMILES string of the molecule is CC(C)C(C(=O)NCC1Cc2ccccc21)C(N)=NO. The standard InChI is InChI=1S/C15H21N3O2/c1-9(2)13(14(16)18-20)15(19)17-8-11-7-10-5-3-4-6-12(10)11/h3-6,9,11,13,20H,7-8H2,1-2H3,(H2,16,18)(H,17,19). The van der Waals surface area contributed by atoms with Crippen LogP contribution in [0.25, 0.3) is 0 Å². The van der Waals surface area contributed by atoms with Gasteiger partial charge in [-0.2, -0.15) is 0 Å². The van der Waals surface area contributed by atoms with E-state index in [1.165, 1.54) is 11.1 Å². The molecule has 2 atom stereocenters. The summed E-state index contributed by atoms with van der Waals surface area (Å²) in [6.07, 6.45) is 0.992. The van der Waals surface area contributed by atoms with E-state index in [9.17, 15) is 4.79 Å². The first-order valence-electron chi connectivity index (χ1n) is 6.87. The van der Waals surface area contributed by atoms with Gasteiger partial charge < -0.3 is 16.3 Å². The predicted molar refractivity (Wildman–Crippen MR) is 77.6 cm³/mol. The molecule has 0 heterocycles. The van der Waals surface area contributed by atoms with Crippen molar-refractivity contribution in [1.82, 2.24) is 5.32 Å². The molecule has 0 fully saturated rings. The van der Waals surface area contributed by atoms with Crippen molar-refractivity contribution in [3.8, 4) is 0 Å². The molecule has 1 aliphatic rings. The summed E-state index contributed by atoms with van der Waals surface area (Å²) in [6, 6.07) is 8.25. The first-order valence-corrected chi connectivity index (χ1v) is 6.87. The number of nitrogens with zero attached hydrogens (tertiary/aromatic N) is 1. The van der Waals surface area contributed by atoms with Crippen LogP contribution in [-0.4, -0.2) is 23.5 Å². The third-order valence-corrected chi connectivity index (χ3v) is 3.87. The van der Waals surface area contributed by atoms with Crippen LogP contribution in [0.1, 0.15) is 30.9 Å². The molecule has 5 nitrogen and oxygen atoms in total. The van der Waals surface area contributed by atoms with Crippen LogP contribution in [0.15, 0.2) is 29.4 Å². The van der Waals surface area contributed by atoms with Crippen LogP contribution in [0.4, 0.5) is 0 Å². The van der Waals surface area contributed by atoms with E-state index in [2.05, 4.69) is 22.6 Å². The highest BCUT2D eigenvalue weighted by Crippen LogP contribution is 2.34. The molecule has 0 aliphatic heterocycles. The minimum atomic E-state index is -0.588. The number of oxime groups is 1. The highest BCUT2D eigenvalue weighted by Gasteiger charge is 2.29. The molecule has 4 N–H and O–H groups in total. The number of amidine groups is 1. The Morgan fingerprint density at radius 1 is 1.50 bits per heavy atom. The first kappa shape index (κ1) is 14.4. The number of hydrogen-bond acceptors (Lipinski definition) is 3. The maximum atomic E-state index is 12.2. The number of carbonyl (C=O) groups is 1. The number of fused-ring (bicyclic) bond motifs is 1. The second-order valence-corrected chi connectivity index (χ2v) is 5.59. The molecule has 108 valence electrons. The van der Waals surface area contributed by atoms with E-state index in [1.807, 2.05) is 26.0 Å². The monoisotopic (exact) mass is 275 g/mol. The number of carbonyl (C=O) groups excluding carboxylic acids is 1. The van der Waals surface area contributed by atoms with Gasteiger partial charge in [0.2, 0.25) is 5.91 Å². The summed E-state index contributed by atoms with van der Waals surface area (Å²) >= 11 is 0. The Hall–Kier alpha value is -2.04. The van der Waals surface area contributed by atoms with Crippen LogP contribution in [0.3, 0.4) is 0 Å². The molecule has 1 aromatic rings. The third kappa shape index (κ3) is 2.76. The van der Waals surface area contributed by atoms with E-state index < -0.39 is 5.92 Å². The number of benzene rings is 1. The molecular formula is C15H21N3O2. The lowest BCUT2D eigenvalue weighted by Crippen LogP contribution is -2.44. The number of nitrogens with one attached hydrogen (secondary N) is 1. The summed E-state index contributed by atoms with van der Waals surface area (Å²) in [5.41, 5.74) is 8.24. The van der Waals surface area contributed by atoms with Gasteiger partial charge in [-0.15, -0.1) is 0 Å². The molecule has 0 radical (unpaired) electrons. The summed E-state index contributed by atoms with van der Waals surface area (Å²) in [5.74, 6) is -0.448. The van der Waals surface area contributed by atoms with Crippen LogP contribution in [0.2, 0.25) is 0 Å². The van der Waals surface area contributed by atoms with Crippen LogP contribution in [-0.2, 0) is 11.2 Å². The summed E-state index contributed by atoms with van der Waals surface area (Å²) in [5, 5.41) is 14.6. The molecule has 2 unspecified atom stereocenters. The Kier molecular flexibility index (Phi) is 4.27. The van der Waals surface area contributed by atoms with E-state index in [1.54, 1.807) is 0 Å². The van der Waals surface area contributed by atoms with Gasteiger partial charge >= 0.3 is 0 Å². The van der Waals surface area contributed by atoms with Crippen molar-refractivity contribution in [3.05, 3.63) is 35.4 Å². The van der Waals surface area contributed by atoms with E-state index in [0.29, 0.717) is 12.5 Å². The zero-order valence-corrected chi connectivity index (χ0v) is 11.8. The molecule has 2 rings (SSSR count). The normalized spacial score (nSPS) is 19.1. The smallest absolute Gasteiger partial charge is 0.231 e. The summed E-state index contributed by atoms with van der Waals surface area (Å²) in [7, 11) is 0. The Morgan fingerprint density at radius 3 is 2.80 bits per heavy atom. The molecule has 5 heteroatoms. The highest BCUT2D eigenvalue weighted by atomic mass is 16.4. The Morgan fingerprint density at radius 2 is 2.20 bits per heavy atom. The Balaban J connectivity index is 1.93. The van der Waals surface area contributed by atoms with Gasteiger partial charge in [-0.3, -0.25) is 4.79 Å². The molecule has 0 aromatic heterocycles. The molecule has 0 bridgehead atoms. The molecule has 1 amide bonds. The molecule has 0 saturated heterocycles. The molecular weight excluding hydrogens is 254 g/mol. The fourth-order valence-electron chi connectivity index (χ4n) is 2.72. The summed E-state index contributed by atoms with van der Waals surface area (Å²) < 4.78 is 0. The van der Waals surface area contributed by atoms with Crippen LogP contribution >= 0.6 is 0 Å². The molecule has 20 heavy (non-hydrogen) atoms. The highest BCUT2D eigenvalue weighted by molar-refractivity contribution is 6.02. The summed E-state index contributed by atoms with van der Waals surface area (Å²) in [6.45, 7) is 4.35. The van der Waals surface area contributed by atoms with Crippen molar-refractivity contribution in [2.75, 3.05) is 6.54 Å². The molecule has 0 saturated carbocycles. The maximum absolute atomic E-state index is 12.2. The predicted octanol–water partition coefficient (Wildman–Crippen LogP) is 1.46. The fourth-order valence-corrected chi connectivity index (χ4v) is 2.72. The largest absolute Gasteiger partial charge is 0.409 e. The quantitative estimate of drug-likeness (QED) is 0.329. The average molecular weight is 275 g/mol. The number of hydrogen-bond donors (Lipinski definition) is 3. The van der Waals surface area contributed by atoms with Crippen molar-refractivity contribution >= 4 is 11.7 Å². The number of nitrogens with two attached hydrogens (primary N) is 1. The van der Waals surface area contributed by atoms with Gasteiger partial charge in [-0.1, -0.05) is 43.3 Å². The van der Waals surface area contributed by atoms with E-state index in [0.717, 1.165) is 6.42 Å². The van der Waals surface area contributed by atoms with Gasteiger partial charge in [0.15, 0.2) is 5.84 Å². The maximum Gasteiger partial charge on any atom is 0.231 e. The van der Waals surface area contributed by atoms with Crippen molar-refractivity contribution in [1.29, 1.82) is 0 Å². The van der Waals surface area contributed by atoms with Crippen molar-refractivity contribution < 1.29 is 10.0 Å². The van der Waals surface area contributed by atoms with Gasteiger partial charge in [0.1, 0.15) is 5.92 Å². The van der Waals surface area contributed by atoms with Gasteiger partial charge in [-0.25, -0.2) is 0 Å². The van der Waals surface area contributed by atoms with Crippen LogP contribution < -0.4 is 11.1 Å². The van der Waals surface area contributed by atoms with Crippen molar-refractivity contribution in [3.63, 3.8) is 0 Å². The topological polar surface area (TPSA) is 87.7 Å². The van der Waals surface area contributed by atoms with Crippen LogP contribution in [0, 0.1) is 11.8 Å². The second-order valence-electron chi connectivity index (χ2n) is 5.59. The Bertz CT molecular complexity index is 526. The Labute approximate surface area is 118 Å². The van der Waals surface area contributed by atoms with Gasteiger partial charge in [0, 0.05) is 12.5 Å². The molecule has 0 spiro atoms.